The zero-order valence-corrected chi connectivity index (χ0v) is 23.5. The lowest BCUT2D eigenvalue weighted by atomic mass is 9.93. The van der Waals surface area contributed by atoms with Crippen LogP contribution in [0, 0.1) is 23.0 Å². The van der Waals surface area contributed by atoms with Crippen LogP contribution < -0.4 is 16.0 Å². The number of nitrogens with zero attached hydrogens (tertiary/aromatic N) is 8. The van der Waals surface area contributed by atoms with E-state index in [0.29, 0.717) is 59.6 Å². The number of pyridine rings is 1. The highest BCUT2D eigenvalue weighted by atomic mass is 32.1. The van der Waals surface area contributed by atoms with Gasteiger partial charge in [-0.15, -0.1) is 11.3 Å². The Hall–Kier alpha value is -4.58. The SMILES string of the molecule is CN(C)C1CN(c2nc(NCc3cccnn3)c3c4c(c(-c5ncc(F)c6sc(N)c(C#N)c56)c(F)c3n2)COC4)C1. The Morgan fingerprint density at radius 1 is 1.21 bits per heavy atom. The Balaban J connectivity index is 1.47. The van der Waals surface area contributed by atoms with Crippen molar-refractivity contribution in [2.75, 3.05) is 43.1 Å². The first-order valence-corrected chi connectivity index (χ1v) is 14.0. The largest absolute Gasteiger partial charge is 0.389 e. The summed E-state index contributed by atoms with van der Waals surface area (Å²) < 4.78 is 37.7. The van der Waals surface area contributed by atoms with Crippen molar-refractivity contribution < 1.29 is 13.5 Å². The average molecular weight is 587 g/mol. The van der Waals surface area contributed by atoms with Crippen LogP contribution in [0.25, 0.3) is 32.2 Å². The average Bonchev–Trinajstić information content (AvgIpc) is 3.57. The number of aromatic nitrogens is 5. The topological polar surface area (TPSA) is 142 Å². The standard InChI is InChI=1S/C28H24F2N10OS/c1-39(2)14-9-40(10-14)28-36-24-21(27(37-28)34-7-13-4-3-5-35-38-13)17-12-41-11-16(17)19(22(24)30)23-20-15(6-31)26(32)42-25(20)18(29)8-33-23/h3-5,8,14H,7,9-12,32H2,1-2H3,(H,34,36,37). The smallest absolute Gasteiger partial charge is 0.228 e. The Bertz CT molecular complexity index is 1920. The molecule has 1 saturated heterocycles. The van der Waals surface area contributed by atoms with E-state index in [1.807, 2.05) is 31.1 Å². The van der Waals surface area contributed by atoms with Gasteiger partial charge in [-0.1, -0.05) is 0 Å². The molecule has 0 radical (unpaired) electrons. The molecule has 1 aromatic carbocycles. The Morgan fingerprint density at radius 3 is 2.76 bits per heavy atom. The highest BCUT2D eigenvalue weighted by Crippen LogP contribution is 2.46. The second kappa shape index (κ2) is 10.1. The quantitative estimate of drug-likeness (QED) is 0.300. The summed E-state index contributed by atoms with van der Waals surface area (Å²) in [5.74, 6) is -0.467. The first-order chi connectivity index (χ1) is 20.4. The van der Waals surface area contributed by atoms with Gasteiger partial charge >= 0.3 is 0 Å². The first kappa shape index (κ1) is 26.3. The Morgan fingerprint density at radius 2 is 2.02 bits per heavy atom. The summed E-state index contributed by atoms with van der Waals surface area (Å²) in [6.45, 7) is 1.96. The number of likely N-dealkylation sites (N-methyl/N-ethyl adjacent to an activating group) is 1. The lowest BCUT2D eigenvalue weighted by Gasteiger charge is -2.42. The number of halogens is 2. The fourth-order valence-corrected chi connectivity index (χ4v) is 6.39. The number of nitrogen functional groups attached to an aromatic ring is 1. The second-order valence-corrected chi connectivity index (χ2v) is 11.5. The maximum Gasteiger partial charge on any atom is 0.228 e. The molecule has 6 heterocycles. The third-order valence-electron chi connectivity index (χ3n) is 7.77. The maximum absolute atomic E-state index is 16.9. The van der Waals surface area contributed by atoms with Gasteiger partial charge in [0.05, 0.1) is 53.0 Å². The lowest BCUT2D eigenvalue weighted by molar-refractivity contribution is 0.135. The molecule has 11 nitrogen and oxygen atoms in total. The molecule has 0 bridgehead atoms. The van der Waals surface area contributed by atoms with Crippen molar-refractivity contribution in [3.63, 3.8) is 0 Å². The molecule has 2 aliphatic heterocycles. The van der Waals surface area contributed by atoms with E-state index in [1.165, 1.54) is 0 Å². The van der Waals surface area contributed by atoms with Gasteiger partial charge in [-0.05, 0) is 37.4 Å². The third-order valence-corrected chi connectivity index (χ3v) is 8.80. The highest BCUT2D eigenvalue weighted by molar-refractivity contribution is 7.23. The summed E-state index contributed by atoms with van der Waals surface area (Å²) in [4.78, 5) is 18.0. The van der Waals surface area contributed by atoms with Crippen LogP contribution in [-0.2, 0) is 24.5 Å². The number of thiophene rings is 1. The molecule has 0 atom stereocenters. The Labute approximate surface area is 242 Å². The number of nitrogens with one attached hydrogen (secondary N) is 1. The molecule has 0 aliphatic carbocycles. The van der Waals surface area contributed by atoms with Gasteiger partial charge in [-0.25, -0.2) is 13.8 Å². The summed E-state index contributed by atoms with van der Waals surface area (Å²) in [7, 11) is 4.02. The Kier molecular flexibility index (Phi) is 6.30. The van der Waals surface area contributed by atoms with Crippen LogP contribution >= 0.6 is 11.3 Å². The third kappa shape index (κ3) is 4.08. The zero-order valence-electron chi connectivity index (χ0n) is 22.6. The van der Waals surface area contributed by atoms with E-state index in [0.717, 1.165) is 17.5 Å². The molecule has 0 spiro atoms. The maximum atomic E-state index is 16.9. The molecule has 212 valence electrons. The fraction of sp³-hybridized carbons (Fsp3) is 0.286. The minimum absolute atomic E-state index is 0.0640. The number of fused-ring (bicyclic) bond motifs is 4. The van der Waals surface area contributed by atoms with Crippen molar-refractivity contribution in [2.24, 2.45) is 0 Å². The first-order valence-electron chi connectivity index (χ1n) is 13.2. The number of rotatable bonds is 6. The molecule has 4 aromatic heterocycles. The van der Waals surface area contributed by atoms with E-state index in [-0.39, 0.29) is 50.6 Å². The van der Waals surface area contributed by atoms with Crippen molar-refractivity contribution in [3.8, 4) is 17.3 Å². The van der Waals surface area contributed by atoms with E-state index >= 15 is 4.39 Å². The van der Waals surface area contributed by atoms with Gasteiger partial charge < -0.3 is 25.6 Å². The van der Waals surface area contributed by atoms with E-state index in [9.17, 15) is 9.65 Å². The van der Waals surface area contributed by atoms with Crippen molar-refractivity contribution in [3.05, 3.63) is 58.5 Å². The minimum atomic E-state index is -0.654. The van der Waals surface area contributed by atoms with E-state index in [1.54, 1.807) is 12.3 Å². The molecule has 1 fully saturated rings. The highest BCUT2D eigenvalue weighted by Gasteiger charge is 2.34. The number of anilines is 3. The molecule has 0 amide bonds. The van der Waals surface area contributed by atoms with Gasteiger partial charge in [0.25, 0.3) is 0 Å². The molecule has 0 unspecified atom stereocenters. The van der Waals surface area contributed by atoms with Crippen molar-refractivity contribution >= 4 is 49.1 Å². The number of hydrogen-bond donors (Lipinski definition) is 2. The van der Waals surface area contributed by atoms with Gasteiger partial charge in [0, 0.05) is 36.3 Å². The molecular formula is C28H24F2N10OS. The van der Waals surface area contributed by atoms with Crippen molar-refractivity contribution in [1.29, 1.82) is 5.26 Å². The van der Waals surface area contributed by atoms with Crippen LogP contribution in [0.2, 0.25) is 0 Å². The predicted molar refractivity (Wildman–Crippen MR) is 155 cm³/mol. The van der Waals surface area contributed by atoms with Crippen LogP contribution in [0.5, 0.6) is 0 Å². The zero-order chi connectivity index (χ0) is 29.1. The van der Waals surface area contributed by atoms with Crippen molar-refractivity contribution in [1.82, 2.24) is 30.0 Å². The van der Waals surface area contributed by atoms with Crippen LogP contribution in [0.15, 0.2) is 24.5 Å². The van der Waals surface area contributed by atoms with Crippen LogP contribution in [0.3, 0.4) is 0 Å². The van der Waals surface area contributed by atoms with Crippen LogP contribution in [-0.4, -0.2) is 63.3 Å². The summed E-state index contributed by atoms with van der Waals surface area (Å²) in [6, 6.07) is 5.98. The normalized spacial score (nSPS) is 14.9. The van der Waals surface area contributed by atoms with E-state index < -0.39 is 11.6 Å². The lowest BCUT2D eigenvalue weighted by Crippen LogP contribution is -2.58. The molecule has 7 rings (SSSR count). The van der Waals surface area contributed by atoms with Gasteiger partial charge in [0.15, 0.2) is 11.6 Å². The van der Waals surface area contributed by atoms with Crippen LogP contribution in [0.4, 0.5) is 25.5 Å². The number of benzene rings is 1. The van der Waals surface area contributed by atoms with Gasteiger partial charge in [-0.2, -0.15) is 20.4 Å². The fourth-order valence-electron chi connectivity index (χ4n) is 5.47. The van der Waals surface area contributed by atoms with Gasteiger partial charge in [0.2, 0.25) is 5.95 Å². The summed E-state index contributed by atoms with van der Waals surface area (Å²) in [6.07, 6.45) is 2.62. The van der Waals surface area contributed by atoms with Crippen molar-refractivity contribution in [2.45, 2.75) is 25.8 Å². The molecular weight excluding hydrogens is 562 g/mol. The van der Waals surface area contributed by atoms with Gasteiger partial charge in [0.1, 0.15) is 22.4 Å². The molecule has 42 heavy (non-hydrogen) atoms. The summed E-state index contributed by atoms with van der Waals surface area (Å²) in [5, 5.41) is 22.1. The molecule has 0 saturated carbocycles. The summed E-state index contributed by atoms with van der Waals surface area (Å²) in [5.41, 5.74) is 8.38. The van der Waals surface area contributed by atoms with E-state index in [2.05, 4.69) is 25.4 Å². The molecule has 2 aliphatic rings. The van der Waals surface area contributed by atoms with Gasteiger partial charge in [-0.3, -0.25) is 4.98 Å². The number of hydrogen-bond acceptors (Lipinski definition) is 12. The molecule has 5 aromatic rings. The minimum Gasteiger partial charge on any atom is -0.389 e. The number of nitriles is 1. The second-order valence-electron chi connectivity index (χ2n) is 10.4. The molecule has 14 heteroatoms. The molecule has 3 N–H and O–H groups in total. The number of ether oxygens (including phenoxy) is 1. The van der Waals surface area contributed by atoms with Crippen LogP contribution in [0.1, 0.15) is 22.4 Å². The van der Waals surface area contributed by atoms with E-state index in [4.69, 9.17) is 20.4 Å². The predicted octanol–water partition coefficient (Wildman–Crippen LogP) is 3.82. The summed E-state index contributed by atoms with van der Waals surface area (Å²) >= 11 is 0.937. The number of nitrogens with two attached hydrogens (primary N) is 1. The monoisotopic (exact) mass is 586 g/mol.